The van der Waals surface area contributed by atoms with Gasteiger partial charge in [0.25, 0.3) is 0 Å². The molecule has 0 amide bonds. The predicted molar refractivity (Wildman–Crippen MR) is 100 cm³/mol. The van der Waals surface area contributed by atoms with Crippen LogP contribution in [0.4, 0.5) is 4.39 Å². The van der Waals surface area contributed by atoms with Crippen molar-refractivity contribution in [1.82, 2.24) is 4.57 Å². The van der Waals surface area contributed by atoms with Crippen LogP contribution in [0.1, 0.15) is 17.7 Å². The Balaban J connectivity index is 1.94. The second-order valence-electron chi connectivity index (χ2n) is 6.29. The van der Waals surface area contributed by atoms with Gasteiger partial charge < -0.3 is 4.57 Å². The lowest BCUT2D eigenvalue weighted by Crippen LogP contribution is -1.96. The summed E-state index contributed by atoms with van der Waals surface area (Å²) in [6.07, 6.45) is 4.43. The Labute approximate surface area is 146 Å². The Bertz CT molecular complexity index is 876. The van der Waals surface area contributed by atoms with Gasteiger partial charge in [0.05, 0.1) is 5.69 Å². The molecular weight excluding hydrogens is 317 g/mol. The van der Waals surface area contributed by atoms with E-state index in [4.69, 9.17) is 0 Å². The number of nitrogens with zero attached hydrogens (tertiary/aromatic N) is 1. The molecule has 0 fully saturated rings. The van der Waals surface area contributed by atoms with Gasteiger partial charge in [0.1, 0.15) is 5.82 Å². The van der Waals surface area contributed by atoms with Crippen molar-refractivity contribution in [2.45, 2.75) is 31.2 Å². The summed E-state index contributed by atoms with van der Waals surface area (Å²) in [4.78, 5) is 1.27. The van der Waals surface area contributed by atoms with Crippen molar-refractivity contribution in [1.29, 1.82) is 0 Å². The van der Waals surface area contributed by atoms with E-state index in [1.54, 1.807) is 23.9 Å². The van der Waals surface area contributed by atoms with E-state index < -0.39 is 0 Å². The summed E-state index contributed by atoms with van der Waals surface area (Å²) in [6.45, 7) is 3.27. The smallest absolute Gasteiger partial charge is 0.123 e. The van der Waals surface area contributed by atoms with Crippen LogP contribution in [0.3, 0.4) is 0 Å². The van der Waals surface area contributed by atoms with E-state index in [9.17, 15) is 4.39 Å². The molecule has 0 bridgehead atoms. The summed E-state index contributed by atoms with van der Waals surface area (Å²) in [6, 6.07) is 15.7. The molecule has 0 saturated carbocycles. The predicted octanol–water partition coefficient (Wildman–Crippen LogP) is 5.94. The molecule has 4 rings (SSSR count). The molecular formula is C21H20FNS. The first-order chi connectivity index (χ1) is 11.7. The molecule has 1 nitrogen and oxygen atoms in total. The van der Waals surface area contributed by atoms with Gasteiger partial charge in [-0.3, -0.25) is 0 Å². The highest BCUT2D eigenvalue weighted by atomic mass is 32.2. The van der Waals surface area contributed by atoms with Crippen LogP contribution < -0.4 is 0 Å². The van der Waals surface area contributed by atoms with Crippen LogP contribution >= 0.6 is 11.8 Å². The zero-order valence-electron chi connectivity index (χ0n) is 14.0. The molecule has 122 valence electrons. The van der Waals surface area contributed by atoms with Gasteiger partial charge in [0, 0.05) is 22.7 Å². The molecule has 1 aliphatic heterocycles. The lowest BCUT2D eigenvalue weighted by Gasteiger charge is -2.11. The topological polar surface area (TPSA) is 4.93 Å². The van der Waals surface area contributed by atoms with E-state index in [2.05, 4.69) is 42.0 Å². The zero-order valence-corrected chi connectivity index (χ0v) is 14.8. The number of fused-ring (bicyclic) bond motifs is 1. The van der Waals surface area contributed by atoms with Crippen molar-refractivity contribution in [2.24, 2.45) is 0 Å². The van der Waals surface area contributed by atoms with E-state index in [0.717, 1.165) is 18.5 Å². The molecule has 0 spiro atoms. The second kappa shape index (κ2) is 6.14. The molecule has 2 aromatic carbocycles. The van der Waals surface area contributed by atoms with Gasteiger partial charge in [-0.25, -0.2) is 4.39 Å². The summed E-state index contributed by atoms with van der Waals surface area (Å²) < 4.78 is 15.8. The monoisotopic (exact) mass is 337 g/mol. The first-order valence-electron chi connectivity index (χ1n) is 8.31. The van der Waals surface area contributed by atoms with Gasteiger partial charge in [-0.15, -0.1) is 11.8 Å². The first-order valence-corrected chi connectivity index (χ1v) is 9.54. The molecule has 0 aliphatic carbocycles. The Morgan fingerprint density at radius 3 is 2.29 bits per heavy atom. The van der Waals surface area contributed by atoms with Crippen LogP contribution in [0.2, 0.25) is 0 Å². The molecule has 0 saturated heterocycles. The zero-order chi connectivity index (χ0) is 16.7. The fourth-order valence-electron chi connectivity index (χ4n) is 3.79. The van der Waals surface area contributed by atoms with E-state index >= 15 is 0 Å². The number of halogens is 1. The molecule has 0 unspecified atom stereocenters. The van der Waals surface area contributed by atoms with Crippen LogP contribution in [0.25, 0.3) is 22.4 Å². The molecule has 1 aromatic heterocycles. The first kappa shape index (κ1) is 15.5. The quantitative estimate of drug-likeness (QED) is 0.536. The Morgan fingerprint density at radius 2 is 1.62 bits per heavy atom. The number of hydrogen-bond acceptors (Lipinski definition) is 1. The Kier molecular flexibility index (Phi) is 3.97. The van der Waals surface area contributed by atoms with Crippen LogP contribution in [0, 0.1) is 12.7 Å². The van der Waals surface area contributed by atoms with Crippen molar-refractivity contribution in [3.05, 3.63) is 65.6 Å². The highest BCUT2D eigenvalue weighted by Crippen LogP contribution is 2.41. The summed E-state index contributed by atoms with van der Waals surface area (Å²) in [5, 5.41) is 0. The summed E-state index contributed by atoms with van der Waals surface area (Å²) in [5.41, 5.74) is 7.63. The number of aromatic nitrogens is 1. The molecule has 24 heavy (non-hydrogen) atoms. The third-order valence-corrected chi connectivity index (χ3v) is 5.68. The SMILES string of the molecule is CSc1ccc(-c2c(-c3ccc(F)cc3)c(C)c3n2CCC3)cc1. The second-order valence-corrected chi connectivity index (χ2v) is 7.17. The molecule has 0 radical (unpaired) electrons. The Hall–Kier alpha value is -2.00. The van der Waals surface area contributed by atoms with Crippen LogP contribution in [-0.4, -0.2) is 10.8 Å². The lowest BCUT2D eigenvalue weighted by molar-refractivity contribution is 0.628. The van der Waals surface area contributed by atoms with Gasteiger partial charge >= 0.3 is 0 Å². The minimum Gasteiger partial charge on any atom is -0.344 e. The maximum absolute atomic E-state index is 13.4. The minimum atomic E-state index is -0.186. The highest BCUT2D eigenvalue weighted by Gasteiger charge is 2.25. The molecule has 2 heterocycles. The number of rotatable bonds is 3. The molecule has 0 N–H and O–H groups in total. The van der Waals surface area contributed by atoms with E-state index in [1.165, 1.54) is 39.4 Å². The fourth-order valence-corrected chi connectivity index (χ4v) is 4.20. The summed E-state index contributed by atoms with van der Waals surface area (Å²) in [7, 11) is 0. The van der Waals surface area contributed by atoms with Crippen molar-refractivity contribution in [2.75, 3.05) is 6.26 Å². The highest BCUT2D eigenvalue weighted by molar-refractivity contribution is 7.98. The van der Waals surface area contributed by atoms with Gasteiger partial charge in [-0.05, 0) is 67.0 Å². The van der Waals surface area contributed by atoms with E-state index in [0.29, 0.717) is 0 Å². The maximum Gasteiger partial charge on any atom is 0.123 e. The van der Waals surface area contributed by atoms with Crippen LogP contribution in [0.15, 0.2) is 53.4 Å². The normalized spacial score (nSPS) is 13.3. The van der Waals surface area contributed by atoms with Crippen LogP contribution in [-0.2, 0) is 13.0 Å². The molecule has 0 atom stereocenters. The van der Waals surface area contributed by atoms with E-state index in [-0.39, 0.29) is 5.82 Å². The third-order valence-electron chi connectivity index (χ3n) is 4.93. The third kappa shape index (κ3) is 2.48. The Morgan fingerprint density at radius 1 is 0.958 bits per heavy atom. The molecule has 3 heteroatoms. The summed E-state index contributed by atoms with van der Waals surface area (Å²) in [5.74, 6) is -0.186. The fraction of sp³-hybridized carbons (Fsp3) is 0.238. The average molecular weight is 337 g/mol. The largest absolute Gasteiger partial charge is 0.344 e. The van der Waals surface area contributed by atoms with Gasteiger partial charge in [0.2, 0.25) is 0 Å². The molecule has 1 aliphatic rings. The average Bonchev–Trinajstić information content (AvgIpc) is 3.18. The maximum atomic E-state index is 13.4. The van der Waals surface area contributed by atoms with Gasteiger partial charge in [0.15, 0.2) is 0 Å². The number of hydrogen-bond donors (Lipinski definition) is 0. The number of benzene rings is 2. The van der Waals surface area contributed by atoms with Crippen molar-refractivity contribution in [3.63, 3.8) is 0 Å². The standard InChI is InChI=1S/C21H20FNS/c1-14-19-4-3-13-23(19)21(16-7-11-18(24-2)12-8-16)20(14)15-5-9-17(22)10-6-15/h5-12H,3-4,13H2,1-2H3. The molecule has 3 aromatic rings. The van der Waals surface area contributed by atoms with Gasteiger partial charge in [-0.1, -0.05) is 24.3 Å². The van der Waals surface area contributed by atoms with Crippen molar-refractivity contribution in [3.8, 4) is 22.4 Å². The summed E-state index contributed by atoms with van der Waals surface area (Å²) >= 11 is 1.76. The lowest BCUT2D eigenvalue weighted by atomic mass is 9.96. The van der Waals surface area contributed by atoms with Crippen molar-refractivity contribution >= 4 is 11.8 Å². The minimum absolute atomic E-state index is 0.186. The van der Waals surface area contributed by atoms with Crippen LogP contribution in [0.5, 0.6) is 0 Å². The van der Waals surface area contributed by atoms with Crippen molar-refractivity contribution < 1.29 is 4.39 Å². The number of thioether (sulfide) groups is 1. The van der Waals surface area contributed by atoms with E-state index in [1.807, 2.05) is 12.1 Å². The van der Waals surface area contributed by atoms with Gasteiger partial charge in [-0.2, -0.15) is 0 Å².